The molecule has 1 rings (SSSR count). The summed E-state index contributed by atoms with van der Waals surface area (Å²) in [5.41, 5.74) is 0. The zero-order valence-corrected chi connectivity index (χ0v) is 5.63. The lowest BCUT2D eigenvalue weighted by molar-refractivity contribution is 0.627. The fourth-order valence-electron chi connectivity index (χ4n) is 0.568. The van der Waals surface area contributed by atoms with Gasteiger partial charge in [0.1, 0.15) is 0 Å². The fourth-order valence-corrected chi connectivity index (χ4v) is 0.568. The zero-order chi connectivity index (χ0) is 6.69. The molecule has 0 bridgehead atoms. The molecule has 4 nitrogen and oxygen atoms in total. The van der Waals surface area contributed by atoms with Crippen LogP contribution in [0.2, 0.25) is 0 Å². The van der Waals surface area contributed by atoms with E-state index in [2.05, 4.69) is 15.6 Å². The van der Waals surface area contributed by atoms with Gasteiger partial charge in [-0.2, -0.15) is 0 Å². The van der Waals surface area contributed by atoms with Crippen molar-refractivity contribution in [3.8, 4) is 0 Å². The zero-order valence-electron chi connectivity index (χ0n) is 5.63. The molecule has 0 saturated heterocycles. The maximum absolute atomic E-state index is 3.81. The summed E-state index contributed by atoms with van der Waals surface area (Å²) in [6.07, 6.45) is 1.86. The minimum absolute atomic E-state index is 0.817. The molecule has 1 aromatic heterocycles. The molecule has 0 unspecified atom stereocenters. The molecule has 0 amide bonds. The number of nitrogens with zero attached hydrogens (tertiary/aromatic N) is 3. The molecule has 0 aromatic carbocycles. The summed E-state index contributed by atoms with van der Waals surface area (Å²) >= 11 is 0. The van der Waals surface area contributed by atoms with Crippen LogP contribution in [-0.2, 0) is 6.54 Å². The Hall–Kier alpha value is -1.06. The number of nitrogens with one attached hydrogen (secondary N) is 1. The van der Waals surface area contributed by atoms with Gasteiger partial charge in [-0.25, -0.2) is 0 Å². The second-order valence-electron chi connectivity index (χ2n) is 1.71. The van der Waals surface area contributed by atoms with Gasteiger partial charge in [0, 0.05) is 13.6 Å². The molecular formula is C5H10N4. The van der Waals surface area contributed by atoms with Crippen molar-refractivity contribution in [2.75, 3.05) is 12.4 Å². The first kappa shape index (κ1) is 6.07. The van der Waals surface area contributed by atoms with E-state index in [1.54, 1.807) is 4.68 Å². The quantitative estimate of drug-likeness (QED) is 0.621. The first-order chi connectivity index (χ1) is 4.36. The molecule has 0 spiro atoms. The van der Waals surface area contributed by atoms with Gasteiger partial charge in [-0.05, 0) is 6.92 Å². The van der Waals surface area contributed by atoms with Gasteiger partial charge in [0.25, 0.3) is 0 Å². The topological polar surface area (TPSA) is 42.7 Å². The summed E-state index contributed by atoms with van der Waals surface area (Å²) in [5.74, 6) is 0.817. The Morgan fingerprint density at radius 1 is 1.78 bits per heavy atom. The highest BCUT2D eigenvalue weighted by Gasteiger charge is 1.92. The molecule has 0 fully saturated rings. The lowest BCUT2D eigenvalue weighted by Crippen LogP contribution is -1.93. The van der Waals surface area contributed by atoms with Gasteiger partial charge in [-0.1, -0.05) is 5.21 Å². The van der Waals surface area contributed by atoms with Gasteiger partial charge in [-0.3, -0.25) is 4.68 Å². The van der Waals surface area contributed by atoms with Crippen LogP contribution in [0.25, 0.3) is 0 Å². The molecule has 1 aromatic rings. The summed E-state index contributed by atoms with van der Waals surface area (Å²) < 4.78 is 1.77. The SMILES string of the molecule is CCn1cc(NC)nn1. The monoisotopic (exact) mass is 126 g/mol. The van der Waals surface area contributed by atoms with E-state index in [0.29, 0.717) is 0 Å². The van der Waals surface area contributed by atoms with Crippen LogP contribution in [-0.4, -0.2) is 22.0 Å². The van der Waals surface area contributed by atoms with Crippen LogP contribution in [0.5, 0.6) is 0 Å². The second kappa shape index (κ2) is 2.48. The van der Waals surface area contributed by atoms with Crippen molar-refractivity contribution in [2.24, 2.45) is 0 Å². The summed E-state index contributed by atoms with van der Waals surface area (Å²) in [5, 5.41) is 10.5. The average Bonchev–Trinajstić information content (AvgIpc) is 2.34. The van der Waals surface area contributed by atoms with Crippen LogP contribution in [0.3, 0.4) is 0 Å². The summed E-state index contributed by atoms with van der Waals surface area (Å²) in [6, 6.07) is 0. The van der Waals surface area contributed by atoms with Gasteiger partial charge in [0.15, 0.2) is 5.82 Å². The van der Waals surface area contributed by atoms with Crippen molar-refractivity contribution in [3.63, 3.8) is 0 Å². The number of hydrogen-bond acceptors (Lipinski definition) is 3. The molecule has 0 aliphatic heterocycles. The molecule has 9 heavy (non-hydrogen) atoms. The Labute approximate surface area is 53.9 Å². The van der Waals surface area contributed by atoms with Crippen molar-refractivity contribution in [1.29, 1.82) is 0 Å². The van der Waals surface area contributed by atoms with Crippen molar-refractivity contribution < 1.29 is 0 Å². The van der Waals surface area contributed by atoms with Gasteiger partial charge in [-0.15, -0.1) is 5.10 Å². The Kier molecular flexibility index (Phi) is 1.67. The molecular weight excluding hydrogens is 116 g/mol. The van der Waals surface area contributed by atoms with Crippen LogP contribution in [0.15, 0.2) is 6.20 Å². The Bertz CT molecular complexity index is 162. The number of hydrogen-bond donors (Lipinski definition) is 1. The third-order valence-electron chi connectivity index (χ3n) is 1.12. The number of rotatable bonds is 2. The second-order valence-corrected chi connectivity index (χ2v) is 1.71. The van der Waals surface area contributed by atoms with Gasteiger partial charge < -0.3 is 5.32 Å². The van der Waals surface area contributed by atoms with Crippen LogP contribution in [0.1, 0.15) is 6.92 Å². The van der Waals surface area contributed by atoms with Crippen LogP contribution in [0.4, 0.5) is 5.82 Å². The summed E-state index contributed by atoms with van der Waals surface area (Å²) in [6.45, 7) is 2.89. The molecule has 0 aliphatic rings. The van der Waals surface area contributed by atoms with E-state index in [4.69, 9.17) is 0 Å². The van der Waals surface area contributed by atoms with Gasteiger partial charge in [0.2, 0.25) is 0 Å². The van der Waals surface area contributed by atoms with Crippen LogP contribution in [0, 0.1) is 0 Å². The van der Waals surface area contributed by atoms with E-state index in [9.17, 15) is 0 Å². The molecule has 0 saturated carbocycles. The third-order valence-corrected chi connectivity index (χ3v) is 1.12. The Balaban J connectivity index is 2.74. The highest BCUT2D eigenvalue weighted by Crippen LogP contribution is 1.95. The predicted molar refractivity (Wildman–Crippen MR) is 35.2 cm³/mol. The lowest BCUT2D eigenvalue weighted by atomic mass is 10.7. The van der Waals surface area contributed by atoms with E-state index in [1.165, 1.54) is 0 Å². The van der Waals surface area contributed by atoms with Crippen molar-refractivity contribution in [2.45, 2.75) is 13.5 Å². The van der Waals surface area contributed by atoms with Crippen LogP contribution < -0.4 is 5.32 Å². The molecule has 50 valence electrons. The smallest absolute Gasteiger partial charge is 0.168 e. The summed E-state index contributed by atoms with van der Waals surface area (Å²) in [4.78, 5) is 0. The minimum Gasteiger partial charge on any atom is -0.370 e. The molecule has 1 heterocycles. The first-order valence-corrected chi connectivity index (χ1v) is 2.94. The fraction of sp³-hybridized carbons (Fsp3) is 0.600. The molecule has 1 N–H and O–H groups in total. The number of anilines is 1. The molecule has 0 atom stereocenters. The maximum atomic E-state index is 3.81. The van der Waals surface area contributed by atoms with Crippen molar-refractivity contribution in [1.82, 2.24) is 15.0 Å². The number of aromatic nitrogens is 3. The highest BCUT2D eigenvalue weighted by atomic mass is 15.4. The van der Waals surface area contributed by atoms with E-state index in [1.807, 2.05) is 20.2 Å². The van der Waals surface area contributed by atoms with Crippen molar-refractivity contribution in [3.05, 3.63) is 6.20 Å². The van der Waals surface area contributed by atoms with Gasteiger partial charge in [0.05, 0.1) is 6.20 Å². The first-order valence-electron chi connectivity index (χ1n) is 2.94. The average molecular weight is 126 g/mol. The van der Waals surface area contributed by atoms with E-state index in [0.717, 1.165) is 12.4 Å². The summed E-state index contributed by atoms with van der Waals surface area (Å²) in [7, 11) is 1.82. The lowest BCUT2D eigenvalue weighted by Gasteiger charge is -1.87. The standard InChI is InChI=1S/C5H10N4/c1-3-9-4-5(6-2)7-8-9/h4,6H,3H2,1-2H3. The van der Waals surface area contributed by atoms with Gasteiger partial charge >= 0.3 is 0 Å². The number of aryl methyl sites for hydroxylation is 1. The maximum Gasteiger partial charge on any atom is 0.168 e. The third kappa shape index (κ3) is 1.19. The minimum atomic E-state index is 0.817. The molecule has 4 heteroatoms. The van der Waals surface area contributed by atoms with E-state index in [-0.39, 0.29) is 0 Å². The highest BCUT2D eigenvalue weighted by molar-refractivity contribution is 5.27. The molecule has 0 radical (unpaired) electrons. The van der Waals surface area contributed by atoms with E-state index < -0.39 is 0 Å². The predicted octanol–water partition coefficient (Wildman–Crippen LogP) is 0.340. The van der Waals surface area contributed by atoms with Crippen LogP contribution >= 0.6 is 0 Å². The largest absolute Gasteiger partial charge is 0.370 e. The van der Waals surface area contributed by atoms with E-state index >= 15 is 0 Å². The van der Waals surface area contributed by atoms with Crippen molar-refractivity contribution >= 4 is 5.82 Å². The normalized spacial score (nSPS) is 9.56. The Morgan fingerprint density at radius 2 is 2.56 bits per heavy atom. The molecule has 0 aliphatic carbocycles. The Morgan fingerprint density at radius 3 is 2.89 bits per heavy atom.